The first-order valence-electron chi connectivity index (χ1n) is 13.6. The van der Waals surface area contributed by atoms with Crippen molar-refractivity contribution < 1.29 is 22.7 Å². The van der Waals surface area contributed by atoms with Crippen LogP contribution in [0.2, 0.25) is 0 Å². The molecule has 0 heterocycles. The lowest BCUT2D eigenvalue weighted by Gasteiger charge is -2.33. The molecule has 0 saturated carbocycles. The van der Waals surface area contributed by atoms with Gasteiger partial charge in [-0.05, 0) is 68.7 Å². The Labute approximate surface area is 238 Å². The van der Waals surface area contributed by atoms with Crippen LogP contribution in [0.15, 0.2) is 83.8 Å². The summed E-state index contributed by atoms with van der Waals surface area (Å²) in [7, 11) is -4.11. The lowest BCUT2D eigenvalue weighted by atomic mass is 10.1. The van der Waals surface area contributed by atoms with E-state index in [2.05, 4.69) is 5.32 Å². The Bertz CT molecular complexity index is 1360. The third-order valence-corrected chi connectivity index (χ3v) is 8.20. The van der Waals surface area contributed by atoms with Gasteiger partial charge in [-0.3, -0.25) is 13.9 Å². The zero-order valence-electron chi connectivity index (χ0n) is 23.7. The number of ether oxygens (including phenoxy) is 1. The molecule has 214 valence electrons. The predicted molar refractivity (Wildman–Crippen MR) is 158 cm³/mol. The molecule has 3 aromatic carbocycles. The third kappa shape index (κ3) is 7.85. The van der Waals surface area contributed by atoms with Gasteiger partial charge in [0.25, 0.3) is 10.0 Å². The Kier molecular flexibility index (Phi) is 11.1. The summed E-state index contributed by atoms with van der Waals surface area (Å²) in [6, 6.07) is 21.6. The largest absolute Gasteiger partial charge is 0.494 e. The van der Waals surface area contributed by atoms with Gasteiger partial charge in [0, 0.05) is 13.1 Å². The molecule has 40 heavy (non-hydrogen) atoms. The Hall–Kier alpha value is -3.85. The summed E-state index contributed by atoms with van der Waals surface area (Å²) in [6.07, 6.45) is 1.14. The number of nitrogens with zero attached hydrogens (tertiary/aromatic N) is 2. The van der Waals surface area contributed by atoms with Crippen molar-refractivity contribution in [2.24, 2.45) is 0 Å². The summed E-state index contributed by atoms with van der Waals surface area (Å²) in [5, 5.41) is 2.90. The molecule has 0 spiro atoms. The number of carbonyl (C=O) groups is 2. The van der Waals surface area contributed by atoms with Crippen molar-refractivity contribution in [3.63, 3.8) is 0 Å². The van der Waals surface area contributed by atoms with E-state index in [1.54, 1.807) is 42.5 Å². The summed E-state index contributed by atoms with van der Waals surface area (Å²) in [5.74, 6) is -0.147. The van der Waals surface area contributed by atoms with E-state index in [4.69, 9.17) is 4.74 Å². The Morgan fingerprint density at radius 2 is 1.62 bits per heavy atom. The van der Waals surface area contributed by atoms with Crippen molar-refractivity contribution in [1.82, 2.24) is 10.2 Å². The lowest BCUT2D eigenvalue weighted by molar-refractivity contribution is -0.140. The van der Waals surface area contributed by atoms with Crippen molar-refractivity contribution >= 4 is 27.5 Å². The fraction of sp³-hybridized carbons (Fsp3) is 0.355. The molecule has 1 N–H and O–H groups in total. The quantitative estimate of drug-likeness (QED) is 0.299. The Morgan fingerprint density at radius 1 is 0.925 bits per heavy atom. The molecule has 8 nitrogen and oxygen atoms in total. The maximum absolute atomic E-state index is 14.1. The molecule has 0 aliphatic rings. The van der Waals surface area contributed by atoms with E-state index in [-0.39, 0.29) is 17.3 Å². The van der Waals surface area contributed by atoms with Gasteiger partial charge in [-0.15, -0.1) is 0 Å². The second kappa shape index (κ2) is 14.5. The highest BCUT2D eigenvalue weighted by atomic mass is 32.2. The molecular formula is C31H39N3O5S. The van der Waals surface area contributed by atoms with Crippen molar-refractivity contribution in [3.05, 3.63) is 90.0 Å². The van der Waals surface area contributed by atoms with E-state index < -0.39 is 28.5 Å². The average Bonchev–Trinajstić information content (AvgIpc) is 2.95. The number of rotatable bonds is 14. The van der Waals surface area contributed by atoms with Crippen molar-refractivity contribution in [3.8, 4) is 5.75 Å². The third-order valence-electron chi connectivity index (χ3n) is 6.42. The van der Waals surface area contributed by atoms with Crippen LogP contribution in [0.5, 0.6) is 5.75 Å². The van der Waals surface area contributed by atoms with Crippen molar-refractivity contribution in [1.29, 1.82) is 0 Å². The molecule has 0 fully saturated rings. The van der Waals surface area contributed by atoms with Gasteiger partial charge in [-0.2, -0.15) is 0 Å². The van der Waals surface area contributed by atoms with Crippen LogP contribution in [0.1, 0.15) is 44.7 Å². The van der Waals surface area contributed by atoms with Gasteiger partial charge in [0.1, 0.15) is 18.3 Å². The normalized spacial score (nSPS) is 11.9. The van der Waals surface area contributed by atoms with E-state index in [0.717, 1.165) is 21.9 Å². The SMILES string of the molecule is CCCNC(=O)[C@H](CC)N(Cc1cccc(C)c1)C(=O)CN(c1ccc(OCC)cc1)S(=O)(=O)c1ccccc1. The van der Waals surface area contributed by atoms with Crippen molar-refractivity contribution in [2.45, 2.75) is 58.0 Å². The summed E-state index contributed by atoms with van der Waals surface area (Å²) in [6.45, 7) is 8.27. The maximum Gasteiger partial charge on any atom is 0.264 e. The zero-order valence-corrected chi connectivity index (χ0v) is 24.5. The maximum atomic E-state index is 14.1. The minimum absolute atomic E-state index is 0.0645. The Morgan fingerprint density at radius 3 is 2.23 bits per heavy atom. The average molecular weight is 566 g/mol. The van der Waals surface area contributed by atoms with Crippen LogP contribution in [-0.2, 0) is 26.2 Å². The molecule has 3 aromatic rings. The number of hydrogen-bond acceptors (Lipinski definition) is 5. The molecule has 0 aliphatic carbocycles. The van der Waals surface area contributed by atoms with Crippen molar-refractivity contribution in [2.75, 3.05) is 24.0 Å². The minimum Gasteiger partial charge on any atom is -0.494 e. The number of aryl methyl sites for hydroxylation is 1. The molecule has 3 rings (SSSR count). The van der Waals surface area contributed by atoms with Crippen LogP contribution in [-0.4, -0.2) is 50.9 Å². The standard InChI is InChI=1S/C31H39N3O5S/c1-5-20-32-31(36)29(6-2)33(22-25-13-11-12-24(4)21-25)30(35)23-34(26-16-18-27(19-17-26)39-7-3)40(37,38)28-14-9-8-10-15-28/h8-19,21,29H,5-7,20,22-23H2,1-4H3,(H,32,36)/t29-/m0/s1. The zero-order chi connectivity index (χ0) is 29.1. The molecule has 0 radical (unpaired) electrons. The molecule has 0 bridgehead atoms. The number of hydrogen-bond donors (Lipinski definition) is 1. The van der Waals surface area contributed by atoms with Gasteiger partial charge in [0.05, 0.1) is 17.2 Å². The van der Waals surface area contributed by atoms with Gasteiger partial charge in [-0.1, -0.05) is 61.9 Å². The second-order valence-electron chi connectivity index (χ2n) is 9.48. The lowest BCUT2D eigenvalue weighted by Crippen LogP contribution is -2.52. The van der Waals surface area contributed by atoms with E-state index in [1.165, 1.54) is 17.0 Å². The van der Waals surface area contributed by atoms with Crippen LogP contribution >= 0.6 is 0 Å². The Balaban J connectivity index is 2.04. The molecule has 9 heteroatoms. The van der Waals surface area contributed by atoms with Gasteiger partial charge >= 0.3 is 0 Å². The monoisotopic (exact) mass is 565 g/mol. The van der Waals surface area contributed by atoms with E-state index in [0.29, 0.717) is 31.0 Å². The fourth-order valence-electron chi connectivity index (χ4n) is 4.42. The molecule has 0 unspecified atom stereocenters. The molecule has 1 atom stereocenters. The number of benzene rings is 3. The molecule has 2 amide bonds. The summed E-state index contributed by atoms with van der Waals surface area (Å²) in [4.78, 5) is 28.8. The number of anilines is 1. The predicted octanol–water partition coefficient (Wildman–Crippen LogP) is 4.92. The van der Waals surface area contributed by atoms with Crippen LogP contribution in [0.4, 0.5) is 5.69 Å². The highest BCUT2D eigenvalue weighted by Crippen LogP contribution is 2.27. The molecular weight excluding hydrogens is 526 g/mol. The van der Waals surface area contributed by atoms with Crippen LogP contribution < -0.4 is 14.4 Å². The number of carbonyl (C=O) groups excluding carboxylic acids is 2. The minimum atomic E-state index is -4.11. The van der Waals surface area contributed by atoms with E-state index in [9.17, 15) is 18.0 Å². The van der Waals surface area contributed by atoms with Gasteiger partial charge < -0.3 is 15.0 Å². The van der Waals surface area contributed by atoms with Crippen LogP contribution in [0.25, 0.3) is 0 Å². The fourth-order valence-corrected chi connectivity index (χ4v) is 5.85. The van der Waals surface area contributed by atoms with Crippen LogP contribution in [0, 0.1) is 6.92 Å². The first-order valence-corrected chi connectivity index (χ1v) is 15.1. The first-order chi connectivity index (χ1) is 19.2. The van der Waals surface area contributed by atoms with Gasteiger partial charge in [0.15, 0.2) is 0 Å². The molecule has 0 aromatic heterocycles. The van der Waals surface area contributed by atoms with E-state index in [1.807, 2.05) is 52.0 Å². The molecule has 0 aliphatic heterocycles. The smallest absolute Gasteiger partial charge is 0.264 e. The van der Waals surface area contributed by atoms with Gasteiger partial charge in [-0.25, -0.2) is 8.42 Å². The van der Waals surface area contributed by atoms with Crippen LogP contribution in [0.3, 0.4) is 0 Å². The van der Waals surface area contributed by atoms with E-state index >= 15 is 0 Å². The number of amides is 2. The van der Waals surface area contributed by atoms with Gasteiger partial charge in [0.2, 0.25) is 11.8 Å². The topological polar surface area (TPSA) is 96.0 Å². The summed E-state index contributed by atoms with van der Waals surface area (Å²) >= 11 is 0. The number of sulfonamides is 1. The second-order valence-corrected chi connectivity index (χ2v) is 11.3. The number of nitrogens with one attached hydrogen (secondary N) is 1. The first kappa shape index (κ1) is 30.7. The summed E-state index contributed by atoms with van der Waals surface area (Å²) in [5.41, 5.74) is 2.20. The summed E-state index contributed by atoms with van der Waals surface area (Å²) < 4.78 is 34.3. The highest BCUT2D eigenvalue weighted by molar-refractivity contribution is 7.92. The molecule has 0 saturated heterocycles. The highest BCUT2D eigenvalue weighted by Gasteiger charge is 2.33.